The maximum atomic E-state index is 5.64. The van der Waals surface area contributed by atoms with Gasteiger partial charge in [-0.25, -0.2) is 0 Å². The van der Waals surface area contributed by atoms with Gasteiger partial charge in [-0.2, -0.15) is 0 Å². The zero-order chi connectivity index (χ0) is 31.1. The van der Waals surface area contributed by atoms with E-state index >= 15 is 0 Å². The molecule has 0 fully saturated rings. The molecule has 0 atom stereocenters. The Balaban J connectivity index is -0.000000429. The third kappa shape index (κ3) is 53.3. The molecule has 0 saturated carbocycles. The van der Waals surface area contributed by atoms with Crippen molar-refractivity contribution in [2.24, 2.45) is 0 Å². The van der Waals surface area contributed by atoms with E-state index in [1.165, 1.54) is 133 Å². The lowest BCUT2D eigenvalue weighted by Gasteiger charge is -2.08. The van der Waals surface area contributed by atoms with Crippen molar-refractivity contribution in [2.45, 2.75) is 150 Å². The highest BCUT2D eigenvalue weighted by Gasteiger charge is 2.10. The largest absolute Gasteiger partial charge is 0.140 e. The Bertz CT molecular complexity index is 558. The SMILES string of the molecule is C.CCCCCCCCCCCCSC(=S)S(=S)C(=S)SCCCCCCCCCCCC.II.S=C=S.S=CS. The van der Waals surface area contributed by atoms with Crippen molar-refractivity contribution in [1.82, 2.24) is 0 Å². The van der Waals surface area contributed by atoms with Gasteiger partial charge in [0, 0.05) is 46.2 Å². The number of rotatable bonds is 22. The molecule has 0 radical (unpaired) electrons. The first-order valence-electron chi connectivity index (χ1n) is 14.4. The fourth-order valence-electron chi connectivity index (χ4n) is 3.67. The quantitative estimate of drug-likeness (QED) is 0.0487. The van der Waals surface area contributed by atoms with Crippen molar-refractivity contribution in [3.8, 4) is 0 Å². The Kier molecular flexibility index (Phi) is 70.0. The first kappa shape index (κ1) is 54.0. The van der Waals surface area contributed by atoms with Crippen LogP contribution in [0.3, 0.4) is 0 Å². The smallest absolute Gasteiger partial charge is 0.114 e. The topological polar surface area (TPSA) is 0 Å². The van der Waals surface area contributed by atoms with Crippen LogP contribution in [-0.4, -0.2) is 27.6 Å². The van der Waals surface area contributed by atoms with Crippen molar-refractivity contribution in [3.63, 3.8) is 0 Å². The van der Waals surface area contributed by atoms with Crippen molar-refractivity contribution in [1.29, 1.82) is 0 Å². The molecule has 0 nitrogen and oxygen atoms in total. The molecule has 0 spiro atoms. The summed E-state index contributed by atoms with van der Waals surface area (Å²) in [4.78, 5) is 0. The molecule has 0 amide bonds. The monoisotopic (exact) mass is 978 g/mol. The Labute approximate surface area is 327 Å². The zero-order valence-electron chi connectivity index (χ0n) is 24.5. The average Bonchev–Trinajstić information content (AvgIpc) is 2.96. The van der Waals surface area contributed by atoms with Crippen LogP contribution in [0.15, 0.2) is 0 Å². The van der Waals surface area contributed by atoms with Crippen LogP contribution < -0.4 is 0 Å². The maximum Gasteiger partial charge on any atom is 0.114 e. The van der Waals surface area contributed by atoms with E-state index in [1.807, 2.05) is 4.31 Å². The number of hydrogen-bond donors (Lipinski definition) is 1. The first-order valence-corrected chi connectivity index (χ1v) is 27.5. The van der Waals surface area contributed by atoms with Crippen molar-refractivity contribution < 1.29 is 0 Å². The van der Waals surface area contributed by atoms with Crippen LogP contribution in [0, 0.1) is 0 Å². The Morgan fingerprint density at radius 3 is 1.05 bits per heavy atom. The van der Waals surface area contributed by atoms with E-state index in [4.69, 9.17) is 35.6 Å². The molecule has 0 rings (SSSR count). The summed E-state index contributed by atoms with van der Waals surface area (Å²) in [6.45, 7) is 4.56. The highest BCUT2D eigenvalue weighted by Crippen LogP contribution is 2.20. The maximum absolute atomic E-state index is 5.64. The van der Waals surface area contributed by atoms with E-state index in [-0.39, 0.29) is 7.43 Å². The van der Waals surface area contributed by atoms with Gasteiger partial charge >= 0.3 is 0 Å². The molecule has 0 bridgehead atoms. The average molecular weight is 979 g/mol. The fourth-order valence-corrected chi connectivity index (χ4v) is 9.19. The second-order valence-corrected chi connectivity index (χ2v) is 17.5. The second-order valence-electron chi connectivity index (χ2n) is 9.02. The molecule has 0 aromatic carbocycles. The third-order valence-electron chi connectivity index (χ3n) is 5.74. The molecule has 0 N–H and O–H groups in total. The highest BCUT2D eigenvalue weighted by atomic mass is 128. The van der Waals surface area contributed by atoms with Crippen LogP contribution in [0.5, 0.6) is 0 Å². The zero-order valence-corrected chi connectivity index (χ0v) is 37.1. The molecule has 41 heavy (non-hydrogen) atoms. The van der Waals surface area contributed by atoms with E-state index < -0.39 is 9.45 Å². The van der Waals surface area contributed by atoms with E-state index in [2.05, 4.69) is 100 Å². The summed E-state index contributed by atoms with van der Waals surface area (Å²) in [5.74, 6) is 2.22. The van der Waals surface area contributed by atoms with Gasteiger partial charge in [0.2, 0.25) is 0 Å². The van der Waals surface area contributed by atoms with E-state index in [9.17, 15) is 0 Å². The van der Waals surface area contributed by atoms with Crippen LogP contribution in [0.4, 0.5) is 0 Å². The normalized spacial score (nSPS) is 9.51. The molecule has 0 saturated heterocycles. The number of thiol groups is 1. The molecule has 0 heterocycles. The predicted molar refractivity (Wildman–Crippen MR) is 246 cm³/mol. The number of unbranched alkanes of at least 4 members (excludes halogenated alkanes) is 18. The summed E-state index contributed by atoms with van der Waals surface area (Å²) < 4.78 is 5.10. The van der Waals surface area contributed by atoms with Crippen LogP contribution >= 0.6 is 134 Å². The van der Waals surface area contributed by atoms with Gasteiger partial charge < -0.3 is 0 Å². The Hall–Kier alpha value is 3.57. The van der Waals surface area contributed by atoms with Crippen molar-refractivity contribution in [3.05, 3.63) is 0 Å². The highest BCUT2D eigenvalue weighted by molar-refractivity contribution is 15.0. The standard InChI is InChI=1S/C26H50S6.CH2S2.CS2.CH4.I2/c1-3-5-7-9-11-13-15-17-19-21-23-30-25(27)32(29)26(28)31-24-22-20-18-16-14-12-10-8-6-4-2;2*2-1-3;;1-2/h3-24H2,1-2H3;1H,(H,2,3);;1H4;. The molecule has 0 aliphatic carbocycles. The molecule has 0 aromatic heterocycles. The summed E-state index contributed by atoms with van der Waals surface area (Å²) in [7, 11) is -0.416. The van der Waals surface area contributed by atoms with Crippen LogP contribution in [-0.2, 0) is 20.6 Å². The van der Waals surface area contributed by atoms with Gasteiger partial charge in [0.15, 0.2) is 0 Å². The molecule has 246 valence electrons. The third-order valence-corrected chi connectivity index (χ3v) is 13.5. The van der Waals surface area contributed by atoms with Crippen molar-refractivity contribution in [2.75, 3.05) is 11.5 Å². The minimum absolute atomic E-state index is 0. The first-order chi connectivity index (χ1) is 19.5. The molecule has 0 aromatic rings. The van der Waals surface area contributed by atoms with Gasteiger partial charge in [0.1, 0.15) is 7.06 Å². The fraction of sp³-hybridized carbons (Fsp3) is 0.862. The summed E-state index contributed by atoms with van der Waals surface area (Å²) >= 11 is 40.2. The van der Waals surface area contributed by atoms with Crippen LogP contribution in [0.25, 0.3) is 0 Å². The molecule has 0 aliphatic heterocycles. The lowest BCUT2D eigenvalue weighted by molar-refractivity contribution is 0.563. The van der Waals surface area contributed by atoms with Gasteiger partial charge in [0.05, 0.1) is 0 Å². The minimum atomic E-state index is -0.416. The van der Waals surface area contributed by atoms with E-state index in [0.717, 1.165) is 18.6 Å². The van der Waals surface area contributed by atoms with E-state index in [1.54, 1.807) is 23.5 Å². The second kappa shape index (κ2) is 53.1. The molecule has 0 unspecified atom stereocenters. The summed E-state index contributed by atoms with van der Waals surface area (Å²) in [5.41, 5.74) is 0. The van der Waals surface area contributed by atoms with Crippen LogP contribution in [0.1, 0.15) is 150 Å². The Morgan fingerprint density at radius 2 is 0.829 bits per heavy atom. The van der Waals surface area contributed by atoms with Gasteiger partial charge in [-0.15, -0.1) is 36.2 Å². The van der Waals surface area contributed by atoms with E-state index in [0.29, 0.717) is 0 Å². The van der Waals surface area contributed by atoms with Gasteiger partial charge in [0.25, 0.3) is 0 Å². The minimum Gasteiger partial charge on any atom is -0.140 e. The number of thioether (sulfide) groups is 2. The lowest BCUT2D eigenvalue weighted by atomic mass is 10.1. The molecular weight excluding hydrogens is 923 g/mol. The van der Waals surface area contributed by atoms with Crippen LogP contribution in [0.2, 0.25) is 0 Å². The number of thiocarbonyl (C=S) groups is 5. The number of hydrogen-bond acceptors (Lipinski definition) is 8. The van der Waals surface area contributed by atoms with Gasteiger partial charge in [-0.1, -0.05) is 174 Å². The molecular formula is C29H56I2S10. The predicted octanol–water partition coefficient (Wildman–Crippen LogP) is 15.2. The number of halogens is 2. The van der Waals surface area contributed by atoms with Gasteiger partial charge in [-0.3, -0.25) is 0 Å². The summed E-state index contributed by atoms with van der Waals surface area (Å²) in [5, 5.41) is 0. The Morgan fingerprint density at radius 1 is 0.634 bits per heavy atom. The van der Waals surface area contributed by atoms with Crippen molar-refractivity contribution >= 4 is 171 Å². The molecule has 12 heteroatoms. The summed E-state index contributed by atoms with van der Waals surface area (Å²) in [6.07, 6.45) is 27.6. The molecule has 0 aliphatic rings. The van der Waals surface area contributed by atoms with Gasteiger partial charge in [-0.05, 0) is 69.4 Å². The lowest BCUT2D eigenvalue weighted by Crippen LogP contribution is -2.07. The summed E-state index contributed by atoms with van der Waals surface area (Å²) in [6, 6.07) is 0.